The lowest BCUT2D eigenvalue weighted by Gasteiger charge is -2.42. The Bertz CT molecular complexity index is 1290. The molecule has 2 saturated carbocycles. The van der Waals surface area contributed by atoms with Gasteiger partial charge in [-0.1, -0.05) is 70.6 Å². The number of phenols is 1. The van der Waals surface area contributed by atoms with E-state index in [1.807, 2.05) is 20.1 Å². The Morgan fingerprint density at radius 1 is 0.827 bits per heavy atom. The second-order valence-electron chi connectivity index (χ2n) is 14.8. The summed E-state index contributed by atoms with van der Waals surface area (Å²) in [5.74, 6) is -1.13. The third kappa shape index (κ3) is 14.2. The van der Waals surface area contributed by atoms with E-state index in [2.05, 4.69) is 21.3 Å². The van der Waals surface area contributed by atoms with Crippen molar-refractivity contribution < 1.29 is 34.2 Å². The summed E-state index contributed by atoms with van der Waals surface area (Å²) in [6.07, 6.45) is 15.3. The van der Waals surface area contributed by atoms with Gasteiger partial charge in [0.15, 0.2) is 0 Å². The number of hydrogen-bond donors (Lipinski definition) is 7. The maximum absolute atomic E-state index is 13.9. The summed E-state index contributed by atoms with van der Waals surface area (Å²) < 4.78 is 0. The number of rotatable bonds is 21. The summed E-state index contributed by atoms with van der Waals surface area (Å²) in [7, 11) is 0. The molecule has 1 aromatic rings. The largest absolute Gasteiger partial charge is 0.508 e. The van der Waals surface area contributed by atoms with Crippen LogP contribution in [0.15, 0.2) is 12.1 Å². The molecule has 1 aromatic carbocycles. The van der Waals surface area contributed by atoms with E-state index in [-0.39, 0.29) is 37.0 Å². The average Bonchev–Trinajstić information content (AvgIpc) is 3.12. The number of carboxylic acid groups (broad SMARTS) is 1. The van der Waals surface area contributed by atoms with Gasteiger partial charge in [0.2, 0.25) is 23.6 Å². The van der Waals surface area contributed by atoms with Crippen molar-refractivity contribution in [2.24, 2.45) is 23.5 Å². The van der Waals surface area contributed by atoms with Gasteiger partial charge in [-0.05, 0) is 98.1 Å². The maximum atomic E-state index is 13.9. The molecule has 12 nitrogen and oxygen atoms in total. The van der Waals surface area contributed by atoms with Crippen LogP contribution in [-0.4, -0.2) is 83.0 Å². The minimum absolute atomic E-state index is 0.0109. The number of thioether (sulfide) groups is 1. The summed E-state index contributed by atoms with van der Waals surface area (Å²) >= 11 is 1.53. The average molecular weight is 746 g/mol. The fourth-order valence-corrected chi connectivity index (χ4v) is 8.58. The highest BCUT2D eigenvalue weighted by Crippen LogP contribution is 2.42. The fraction of sp³-hybridized carbons (Fsp3) is 0.718. The first-order valence-electron chi connectivity index (χ1n) is 19.3. The molecular weight excluding hydrogens is 683 g/mol. The number of aliphatic carboxylic acids is 1. The van der Waals surface area contributed by atoms with E-state index in [0.717, 1.165) is 68.1 Å². The van der Waals surface area contributed by atoms with Crippen LogP contribution in [0.4, 0.5) is 0 Å². The van der Waals surface area contributed by atoms with Crippen LogP contribution in [0.5, 0.6) is 5.75 Å². The quantitative estimate of drug-likeness (QED) is 0.0899. The molecule has 0 saturated heterocycles. The van der Waals surface area contributed by atoms with Gasteiger partial charge in [0.05, 0.1) is 12.6 Å². The lowest BCUT2D eigenvalue weighted by atomic mass is 9.66. The molecule has 0 radical (unpaired) electrons. The number of aryl methyl sites for hydroxylation is 2. The van der Waals surface area contributed by atoms with Gasteiger partial charge in [-0.25, -0.2) is 0 Å². The van der Waals surface area contributed by atoms with Gasteiger partial charge in [-0.15, -0.1) is 0 Å². The van der Waals surface area contributed by atoms with Crippen LogP contribution in [-0.2, 0) is 30.4 Å². The first-order valence-corrected chi connectivity index (χ1v) is 20.7. The van der Waals surface area contributed by atoms with E-state index in [1.54, 1.807) is 12.1 Å². The first-order chi connectivity index (χ1) is 24.9. The van der Waals surface area contributed by atoms with Crippen LogP contribution in [0.2, 0.25) is 0 Å². The molecule has 3 rings (SSSR count). The Balaban J connectivity index is 1.68. The van der Waals surface area contributed by atoms with Crippen molar-refractivity contribution in [3.63, 3.8) is 0 Å². The van der Waals surface area contributed by atoms with Crippen molar-refractivity contribution in [2.75, 3.05) is 25.1 Å². The lowest BCUT2D eigenvalue weighted by molar-refractivity contribution is -0.137. The molecule has 292 valence electrons. The number of nitrogens with one attached hydrogen (secondary N) is 4. The Labute approximate surface area is 314 Å². The van der Waals surface area contributed by atoms with E-state index >= 15 is 0 Å². The molecule has 2 fully saturated rings. The van der Waals surface area contributed by atoms with Gasteiger partial charge >= 0.3 is 5.97 Å². The van der Waals surface area contributed by atoms with Gasteiger partial charge in [-0.2, -0.15) is 11.8 Å². The number of phenolic OH excluding ortho intramolecular Hbond substituents is 1. The summed E-state index contributed by atoms with van der Waals surface area (Å²) in [5, 5.41) is 30.4. The highest BCUT2D eigenvalue weighted by molar-refractivity contribution is 7.98. The highest BCUT2D eigenvalue weighted by atomic mass is 32.2. The number of carboxylic acids is 1. The van der Waals surface area contributed by atoms with E-state index in [1.165, 1.54) is 24.6 Å². The SMILES string of the molecule is CSCC[C@@H](NC(=O)[C@@H](N)Cc1c(C)cc(O)cc1C)C(=O)NCC(=O)N[C@H](C(=O)NCCCCCC(=O)O)C(C1CCCCC1)C1CCCCC1. The van der Waals surface area contributed by atoms with Crippen LogP contribution < -0.4 is 27.0 Å². The third-order valence-corrected chi connectivity index (χ3v) is 11.5. The molecule has 0 spiro atoms. The molecule has 0 unspecified atom stereocenters. The first kappa shape index (κ1) is 43.1. The monoisotopic (exact) mass is 745 g/mol. The van der Waals surface area contributed by atoms with Gasteiger partial charge in [-0.3, -0.25) is 24.0 Å². The van der Waals surface area contributed by atoms with Gasteiger partial charge in [0.1, 0.15) is 17.8 Å². The Kier molecular flexibility index (Phi) is 18.8. The third-order valence-electron chi connectivity index (χ3n) is 10.8. The predicted molar refractivity (Wildman–Crippen MR) is 205 cm³/mol. The molecular formula is C39H63N5O7S. The molecule has 0 aliphatic heterocycles. The van der Waals surface area contributed by atoms with Crippen LogP contribution in [0.1, 0.15) is 113 Å². The van der Waals surface area contributed by atoms with Crippen molar-refractivity contribution in [3.05, 3.63) is 28.8 Å². The van der Waals surface area contributed by atoms with Crippen molar-refractivity contribution in [1.82, 2.24) is 21.3 Å². The maximum Gasteiger partial charge on any atom is 0.303 e. The summed E-state index contributed by atoms with van der Waals surface area (Å²) in [5.41, 5.74) is 8.79. The summed E-state index contributed by atoms with van der Waals surface area (Å²) in [4.78, 5) is 65.0. The van der Waals surface area contributed by atoms with Gasteiger partial charge < -0.3 is 37.2 Å². The second kappa shape index (κ2) is 22.7. The van der Waals surface area contributed by atoms with Crippen molar-refractivity contribution >= 4 is 41.4 Å². The number of nitrogens with two attached hydrogens (primary N) is 1. The number of carbonyl (C=O) groups is 5. The molecule has 0 heterocycles. The minimum Gasteiger partial charge on any atom is -0.508 e. The van der Waals surface area contributed by atoms with Crippen LogP contribution >= 0.6 is 11.8 Å². The zero-order valence-corrected chi connectivity index (χ0v) is 32.3. The van der Waals surface area contributed by atoms with Crippen LogP contribution in [0.3, 0.4) is 0 Å². The number of amides is 4. The van der Waals surface area contributed by atoms with E-state index in [4.69, 9.17) is 10.8 Å². The topological polar surface area (TPSA) is 200 Å². The molecule has 0 bridgehead atoms. The smallest absolute Gasteiger partial charge is 0.303 e. The van der Waals surface area contributed by atoms with Crippen molar-refractivity contribution in [3.8, 4) is 5.75 Å². The molecule has 2 aliphatic rings. The van der Waals surface area contributed by atoms with Crippen LogP contribution in [0, 0.1) is 31.6 Å². The standard InChI is InChI=1S/C39H63N5O7S/c1-25-21-29(45)22-26(2)30(25)23-31(40)37(49)43-32(18-20-52-3)38(50)42-24-33(46)44-36(39(51)41-19-12-6-11-17-34(47)48)35(27-13-7-4-8-14-27)28-15-9-5-10-16-28/h21-22,27-28,31-32,35-36,45H,4-20,23-24,40H2,1-3H3,(H,41,51)(H,42,50)(H,43,49)(H,44,46)(H,47,48)/t31-,32+,36-/m0/s1. The number of unbranched alkanes of at least 4 members (excludes halogenated alkanes) is 2. The fourth-order valence-electron chi connectivity index (χ4n) is 8.11. The number of aromatic hydroxyl groups is 1. The molecule has 52 heavy (non-hydrogen) atoms. The lowest BCUT2D eigenvalue weighted by Crippen LogP contribution is -2.57. The van der Waals surface area contributed by atoms with Crippen molar-refractivity contribution in [2.45, 2.75) is 135 Å². The molecule has 3 atom stereocenters. The highest BCUT2D eigenvalue weighted by Gasteiger charge is 2.41. The van der Waals surface area contributed by atoms with E-state index < -0.39 is 41.8 Å². The molecule has 2 aliphatic carbocycles. The van der Waals surface area contributed by atoms with Gasteiger partial charge in [0, 0.05) is 13.0 Å². The second-order valence-corrected chi connectivity index (χ2v) is 15.8. The number of hydrogen-bond acceptors (Lipinski definition) is 8. The number of benzene rings is 1. The Morgan fingerprint density at radius 2 is 1.42 bits per heavy atom. The zero-order valence-electron chi connectivity index (χ0n) is 31.5. The minimum atomic E-state index is -0.928. The van der Waals surface area contributed by atoms with E-state index in [0.29, 0.717) is 49.8 Å². The zero-order chi connectivity index (χ0) is 38.0. The van der Waals surface area contributed by atoms with Crippen LogP contribution in [0.25, 0.3) is 0 Å². The molecule has 4 amide bonds. The van der Waals surface area contributed by atoms with E-state index in [9.17, 15) is 29.1 Å². The molecule has 13 heteroatoms. The van der Waals surface area contributed by atoms with Gasteiger partial charge in [0.25, 0.3) is 0 Å². The normalized spacial score (nSPS) is 17.2. The predicted octanol–water partition coefficient (Wildman–Crippen LogP) is 4.26. The number of carbonyl (C=O) groups excluding carboxylic acids is 4. The Hall–Kier alpha value is -3.32. The summed E-state index contributed by atoms with van der Waals surface area (Å²) in [6.45, 7) is 3.74. The molecule has 0 aromatic heterocycles. The Morgan fingerprint density at radius 3 is 1.98 bits per heavy atom. The molecule has 8 N–H and O–H groups in total. The van der Waals surface area contributed by atoms with Crippen molar-refractivity contribution in [1.29, 1.82) is 0 Å². The summed E-state index contributed by atoms with van der Waals surface area (Å²) in [6, 6.07) is 0.671.